The maximum absolute atomic E-state index is 12.8. The van der Waals surface area contributed by atoms with Gasteiger partial charge in [0, 0.05) is 24.3 Å². The second-order valence-electron chi connectivity index (χ2n) is 6.92. The first-order valence-corrected chi connectivity index (χ1v) is 11.2. The number of benzene rings is 2. The predicted molar refractivity (Wildman–Crippen MR) is 113 cm³/mol. The minimum atomic E-state index is -3.75. The fourth-order valence-corrected chi connectivity index (χ4v) is 4.40. The van der Waals surface area contributed by atoms with E-state index < -0.39 is 22.2 Å². The summed E-state index contributed by atoms with van der Waals surface area (Å²) in [6.45, 7) is 3.92. The van der Waals surface area contributed by atoms with Gasteiger partial charge in [-0.25, -0.2) is 13.1 Å². The number of rotatable bonds is 8. The van der Waals surface area contributed by atoms with E-state index in [1.165, 1.54) is 0 Å². The van der Waals surface area contributed by atoms with Gasteiger partial charge in [-0.3, -0.25) is 0 Å². The van der Waals surface area contributed by atoms with Crippen molar-refractivity contribution >= 4 is 31.6 Å². The summed E-state index contributed by atoms with van der Waals surface area (Å²) < 4.78 is 29.1. The van der Waals surface area contributed by atoms with E-state index in [0.29, 0.717) is 5.56 Å². The number of anilines is 1. The molecule has 0 aliphatic rings. The van der Waals surface area contributed by atoms with Crippen LogP contribution >= 0.6 is 15.9 Å². The molecule has 5 nitrogen and oxygen atoms in total. The lowest BCUT2D eigenvalue weighted by Gasteiger charge is -2.29. The van der Waals surface area contributed by atoms with E-state index in [-0.39, 0.29) is 10.8 Å². The molecule has 0 fully saturated rings. The monoisotopic (exact) mass is 454 g/mol. The second-order valence-corrected chi connectivity index (χ2v) is 9.55. The molecular weight excluding hydrogens is 428 g/mol. The lowest BCUT2D eigenvalue weighted by atomic mass is 9.91. The SMILES string of the molecule is CCC(C)C(NS(=O)(=O)c1ccc(Br)cc1)C(O)c1ccc(N(C)C)cc1. The van der Waals surface area contributed by atoms with Gasteiger partial charge >= 0.3 is 0 Å². The summed E-state index contributed by atoms with van der Waals surface area (Å²) in [7, 11) is 0.143. The summed E-state index contributed by atoms with van der Waals surface area (Å²) >= 11 is 3.31. The van der Waals surface area contributed by atoms with Crippen LogP contribution in [0.15, 0.2) is 57.9 Å². The molecule has 7 heteroatoms. The van der Waals surface area contributed by atoms with E-state index in [4.69, 9.17) is 0 Å². The number of nitrogens with one attached hydrogen (secondary N) is 1. The lowest BCUT2D eigenvalue weighted by Crippen LogP contribution is -2.43. The molecule has 0 radical (unpaired) electrons. The van der Waals surface area contributed by atoms with Gasteiger partial charge in [0.1, 0.15) is 0 Å². The van der Waals surface area contributed by atoms with Crippen molar-refractivity contribution in [1.29, 1.82) is 0 Å². The normalized spacial score (nSPS) is 15.2. The topological polar surface area (TPSA) is 69.6 Å². The summed E-state index contributed by atoms with van der Waals surface area (Å²) in [5.41, 5.74) is 1.70. The molecule has 2 rings (SSSR count). The first-order valence-electron chi connectivity index (χ1n) is 8.89. The molecule has 0 bridgehead atoms. The Labute approximate surface area is 170 Å². The molecule has 3 unspecified atom stereocenters. The fraction of sp³-hybridized carbons (Fsp3) is 0.400. The Morgan fingerprint density at radius 3 is 2.11 bits per heavy atom. The molecule has 27 heavy (non-hydrogen) atoms. The Balaban J connectivity index is 2.30. The van der Waals surface area contributed by atoms with Crippen LogP contribution in [-0.4, -0.2) is 33.7 Å². The zero-order chi connectivity index (χ0) is 20.2. The third kappa shape index (κ3) is 5.54. The highest BCUT2D eigenvalue weighted by atomic mass is 79.9. The molecular formula is C20H27BrN2O3S. The van der Waals surface area contributed by atoms with Gasteiger partial charge in [-0.05, 0) is 47.9 Å². The number of halogens is 1. The maximum Gasteiger partial charge on any atom is 0.240 e. The van der Waals surface area contributed by atoms with Crippen molar-refractivity contribution < 1.29 is 13.5 Å². The zero-order valence-electron chi connectivity index (χ0n) is 16.1. The molecule has 3 atom stereocenters. The van der Waals surface area contributed by atoms with Crippen LogP contribution < -0.4 is 9.62 Å². The van der Waals surface area contributed by atoms with Gasteiger partial charge < -0.3 is 10.0 Å². The van der Waals surface area contributed by atoms with Crippen LogP contribution in [0.4, 0.5) is 5.69 Å². The van der Waals surface area contributed by atoms with Crippen LogP contribution in [0.2, 0.25) is 0 Å². The van der Waals surface area contributed by atoms with Crippen LogP contribution in [0.5, 0.6) is 0 Å². The molecule has 2 N–H and O–H groups in total. The van der Waals surface area contributed by atoms with Gasteiger partial charge in [0.2, 0.25) is 10.0 Å². The molecule has 0 spiro atoms. The van der Waals surface area contributed by atoms with Crippen molar-refractivity contribution in [3.8, 4) is 0 Å². The largest absolute Gasteiger partial charge is 0.387 e. The molecule has 0 saturated heterocycles. The van der Waals surface area contributed by atoms with Gasteiger partial charge in [0.05, 0.1) is 17.0 Å². The highest BCUT2D eigenvalue weighted by Gasteiger charge is 2.30. The second kappa shape index (κ2) is 9.19. The zero-order valence-corrected chi connectivity index (χ0v) is 18.5. The molecule has 0 aliphatic carbocycles. The highest BCUT2D eigenvalue weighted by Crippen LogP contribution is 2.27. The van der Waals surface area contributed by atoms with E-state index in [1.807, 2.05) is 57.1 Å². The van der Waals surface area contributed by atoms with E-state index in [1.54, 1.807) is 24.3 Å². The van der Waals surface area contributed by atoms with Crippen LogP contribution in [0, 0.1) is 5.92 Å². The van der Waals surface area contributed by atoms with Gasteiger partial charge in [-0.15, -0.1) is 0 Å². The van der Waals surface area contributed by atoms with E-state index in [9.17, 15) is 13.5 Å². The number of sulfonamides is 1. The van der Waals surface area contributed by atoms with Crippen LogP contribution in [0.25, 0.3) is 0 Å². The van der Waals surface area contributed by atoms with Crippen molar-refractivity contribution in [2.75, 3.05) is 19.0 Å². The molecule has 0 heterocycles. The first kappa shape index (κ1) is 21.9. The van der Waals surface area contributed by atoms with Crippen molar-refractivity contribution in [3.63, 3.8) is 0 Å². The maximum atomic E-state index is 12.8. The first-order chi connectivity index (χ1) is 12.7. The number of aliphatic hydroxyl groups excluding tert-OH is 1. The van der Waals surface area contributed by atoms with Crippen molar-refractivity contribution in [2.24, 2.45) is 5.92 Å². The summed E-state index contributed by atoms with van der Waals surface area (Å²) in [5, 5.41) is 10.9. The van der Waals surface area contributed by atoms with Gasteiger partial charge in [-0.2, -0.15) is 0 Å². The third-order valence-corrected chi connectivity index (χ3v) is 6.77. The van der Waals surface area contributed by atoms with Crippen LogP contribution in [0.1, 0.15) is 31.9 Å². The molecule has 0 aliphatic heterocycles. The number of hydrogen-bond acceptors (Lipinski definition) is 4. The molecule has 148 valence electrons. The average Bonchev–Trinajstić information content (AvgIpc) is 2.65. The van der Waals surface area contributed by atoms with Gasteiger partial charge in [0.25, 0.3) is 0 Å². The number of aliphatic hydroxyl groups is 1. The molecule has 2 aromatic carbocycles. The van der Waals surface area contributed by atoms with Crippen molar-refractivity contribution in [1.82, 2.24) is 4.72 Å². The lowest BCUT2D eigenvalue weighted by molar-refractivity contribution is 0.112. The minimum absolute atomic E-state index is 0.0428. The summed E-state index contributed by atoms with van der Waals surface area (Å²) in [6.07, 6.45) is -0.207. The molecule has 0 amide bonds. The number of nitrogens with zero attached hydrogens (tertiary/aromatic N) is 1. The highest BCUT2D eigenvalue weighted by molar-refractivity contribution is 9.10. The quantitative estimate of drug-likeness (QED) is 0.633. The Bertz CT molecular complexity index is 837. The number of hydrogen-bond donors (Lipinski definition) is 2. The third-order valence-electron chi connectivity index (χ3n) is 4.76. The van der Waals surface area contributed by atoms with Crippen molar-refractivity contribution in [3.05, 3.63) is 58.6 Å². The van der Waals surface area contributed by atoms with E-state index in [2.05, 4.69) is 20.7 Å². The summed E-state index contributed by atoms with van der Waals surface area (Å²) in [5.74, 6) is -0.0428. The molecule has 0 saturated carbocycles. The Hall–Kier alpha value is -1.41. The minimum Gasteiger partial charge on any atom is -0.387 e. The summed E-state index contributed by atoms with van der Waals surface area (Å²) in [4.78, 5) is 2.15. The Morgan fingerprint density at radius 2 is 1.63 bits per heavy atom. The van der Waals surface area contributed by atoms with Gasteiger partial charge in [-0.1, -0.05) is 48.3 Å². The molecule has 2 aromatic rings. The summed E-state index contributed by atoms with van der Waals surface area (Å²) in [6, 6.07) is 13.3. The Morgan fingerprint density at radius 1 is 1.07 bits per heavy atom. The molecule has 0 aromatic heterocycles. The van der Waals surface area contributed by atoms with Gasteiger partial charge in [0.15, 0.2) is 0 Å². The average molecular weight is 455 g/mol. The fourth-order valence-electron chi connectivity index (χ4n) is 2.78. The van der Waals surface area contributed by atoms with E-state index in [0.717, 1.165) is 16.6 Å². The smallest absolute Gasteiger partial charge is 0.240 e. The van der Waals surface area contributed by atoms with E-state index >= 15 is 0 Å². The van der Waals surface area contributed by atoms with Crippen LogP contribution in [-0.2, 0) is 10.0 Å². The standard InChI is InChI=1S/C20H27BrN2O3S/c1-5-14(2)19(20(24)15-6-10-17(11-7-15)23(3)4)22-27(25,26)18-12-8-16(21)9-13-18/h6-14,19-20,22,24H,5H2,1-4H3. The van der Waals surface area contributed by atoms with Crippen molar-refractivity contribution in [2.45, 2.75) is 37.3 Å². The van der Waals surface area contributed by atoms with Crippen LogP contribution in [0.3, 0.4) is 0 Å². The predicted octanol–water partition coefficient (Wildman–Crippen LogP) is 3.94. The Kier molecular flexibility index (Phi) is 7.45.